The van der Waals surface area contributed by atoms with E-state index in [9.17, 15) is 45.3 Å². The van der Waals surface area contributed by atoms with Crippen molar-refractivity contribution in [3.8, 4) is 17.2 Å². The Hall–Kier alpha value is -5.17. The van der Waals surface area contributed by atoms with Crippen LogP contribution in [-0.4, -0.2) is 109 Å². The van der Waals surface area contributed by atoms with Gasteiger partial charge in [0.15, 0.2) is 11.2 Å². The highest BCUT2D eigenvalue weighted by Crippen LogP contribution is 2.51. The van der Waals surface area contributed by atoms with Crippen molar-refractivity contribution in [3.05, 3.63) is 93.1 Å². The van der Waals surface area contributed by atoms with Crippen LogP contribution < -0.4 is 20.4 Å². The molecule has 5 aliphatic rings. The standard InChI is InChI=1S/C47H53N3O13/c1-3-35-31-10-12-48-34(31)21-50(35)41-43-27(14-33-37(54)13-24(2)61-44(33)41)15-39(47(62-43)11-4-5-25(19-47)28-16-40(56)49-20-28)63-60-23-46(59,45(58)42(57)38(55)22-51)18-26-6-9-36(53)30-8-7-29(52)17-32(26)30/h6-10,12-14,17,21,25,28,35,38-39,42,45,51-53,55,57-59H,3-5,11,15-16,18-20,22-23H2,1-2H3,(H,49,56)/p+1. The molecule has 63 heavy (non-hydrogen) atoms. The number of amides is 1. The largest absolute Gasteiger partial charge is 0.508 e. The highest BCUT2D eigenvalue weighted by atomic mass is 17.2. The van der Waals surface area contributed by atoms with Crippen LogP contribution in [0.2, 0.25) is 0 Å². The maximum atomic E-state index is 13.7. The highest BCUT2D eigenvalue weighted by Gasteiger charge is 2.54. The van der Waals surface area contributed by atoms with Gasteiger partial charge in [-0.25, -0.2) is 9.78 Å². The van der Waals surface area contributed by atoms with Crippen LogP contribution in [0.4, 0.5) is 5.69 Å². The van der Waals surface area contributed by atoms with Gasteiger partial charge in [-0.2, -0.15) is 0 Å². The number of fused-ring (bicyclic) bond motifs is 4. The fraction of sp³-hybridized carbons (Fsp3) is 0.468. The summed E-state index contributed by atoms with van der Waals surface area (Å²) < 4.78 is 13.8. The van der Waals surface area contributed by atoms with Crippen LogP contribution >= 0.6 is 0 Å². The third kappa shape index (κ3) is 7.71. The first kappa shape index (κ1) is 43.1. The molecule has 2 fully saturated rings. The van der Waals surface area contributed by atoms with Crippen LogP contribution in [0.25, 0.3) is 21.7 Å². The average molecular weight is 869 g/mol. The molecule has 9 N–H and O–H groups in total. The minimum atomic E-state index is -2.40. The van der Waals surface area contributed by atoms with Crippen molar-refractivity contribution < 1.29 is 64.4 Å². The predicted molar refractivity (Wildman–Crippen MR) is 229 cm³/mol. The molecule has 334 valence electrons. The van der Waals surface area contributed by atoms with Crippen LogP contribution in [0.15, 0.2) is 80.2 Å². The summed E-state index contributed by atoms with van der Waals surface area (Å²) >= 11 is 0. The number of hydrogen-bond donors (Lipinski definition) is 9. The summed E-state index contributed by atoms with van der Waals surface area (Å²) in [5.74, 6) is 0.904. The predicted octanol–water partition coefficient (Wildman–Crippen LogP) is 2.19. The second-order valence-corrected chi connectivity index (χ2v) is 18.0. The van der Waals surface area contributed by atoms with Crippen molar-refractivity contribution in [1.29, 1.82) is 0 Å². The molecular weight excluding hydrogens is 815 g/mol. The minimum absolute atomic E-state index is 0.00780. The van der Waals surface area contributed by atoms with Gasteiger partial charge >= 0.3 is 0 Å². The van der Waals surface area contributed by atoms with E-state index in [0.717, 1.165) is 35.4 Å². The Bertz CT molecular complexity index is 2610. The van der Waals surface area contributed by atoms with Crippen LogP contribution in [-0.2, 0) is 27.4 Å². The van der Waals surface area contributed by atoms with E-state index < -0.39 is 55.3 Å². The minimum Gasteiger partial charge on any atom is -0.508 e. The molecule has 9 rings (SSSR count). The van der Waals surface area contributed by atoms with Crippen LogP contribution in [0.3, 0.4) is 0 Å². The number of aliphatic imine (C=N–C) groups is 1. The lowest BCUT2D eigenvalue weighted by Crippen LogP contribution is -3.05. The SMILES string of the molecule is CCC1C2=CC=NC2=C[NH+]1c1c2c(cc3c(=O)cc(C)oc13)CC(OOCC(O)(Cc1ccc(O)c3ccc(O)cc13)C(O)C(O)C(O)CO)C1(CCCC(C3CNC(=O)C3)C1)O2. The number of allylic oxidation sites excluding steroid dienone is 1. The van der Waals surface area contributed by atoms with Gasteiger partial charge in [-0.05, 0) is 91.8 Å². The zero-order chi connectivity index (χ0) is 44.4. The second kappa shape index (κ2) is 16.8. The van der Waals surface area contributed by atoms with E-state index >= 15 is 0 Å². The molecular formula is C47H54N3O13+. The Kier molecular flexibility index (Phi) is 11.5. The van der Waals surface area contributed by atoms with Crippen LogP contribution in [0.1, 0.15) is 62.3 Å². The second-order valence-electron chi connectivity index (χ2n) is 18.0. The first-order valence-electron chi connectivity index (χ1n) is 21.7. The fourth-order valence-electron chi connectivity index (χ4n) is 10.6. The lowest BCUT2D eigenvalue weighted by atomic mass is 9.68. The van der Waals surface area contributed by atoms with Gasteiger partial charge in [0.2, 0.25) is 17.2 Å². The highest BCUT2D eigenvalue weighted by molar-refractivity contribution is 5.92. The van der Waals surface area contributed by atoms with Gasteiger partial charge < -0.3 is 50.2 Å². The van der Waals surface area contributed by atoms with Crippen LogP contribution in [0, 0.1) is 18.8 Å². The Balaban J connectivity index is 1.11. The monoisotopic (exact) mass is 868 g/mol. The summed E-state index contributed by atoms with van der Waals surface area (Å²) in [4.78, 5) is 44.1. The van der Waals surface area contributed by atoms with E-state index in [4.69, 9.17) is 18.9 Å². The number of quaternary nitrogens is 1. The van der Waals surface area contributed by atoms with E-state index in [2.05, 4.69) is 17.2 Å². The van der Waals surface area contributed by atoms with E-state index in [0.29, 0.717) is 75.9 Å². The summed E-state index contributed by atoms with van der Waals surface area (Å²) in [5.41, 5.74) is 0.345. The van der Waals surface area contributed by atoms with Gasteiger partial charge in [-0.1, -0.05) is 13.0 Å². The summed E-state index contributed by atoms with van der Waals surface area (Å²) in [7, 11) is 0. The molecule has 4 aromatic rings. The van der Waals surface area contributed by atoms with Gasteiger partial charge in [-0.3, -0.25) is 19.5 Å². The number of phenols is 2. The maximum absolute atomic E-state index is 13.7. The molecule has 1 aliphatic carbocycles. The summed E-state index contributed by atoms with van der Waals surface area (Å²) in [6, 6.07) is 10.3. The summed E-state index contributed by atoms with van der Waals surface area (Å²) in [6.45, 7) is 2.69. The van der Waals surface area contributed by atoms with Crippen molar-refractivity contribution >= 4 is 39.6 Å². The van der Waals surface area contributed by atoms with Crippen molar-refractivity contribution in [3.63, 3.8) is 0 Å². The van der Waals surface area contributed by atoms with Crippen molar-refractivity contribution in [2.75, 3.05) is 19.8 Å². The molecule has 1 saturated heterocycles. The lowest BCUT2D eigenvalue weighted by Gasteiger charge is -2.49. The molecule has 10 atom stereocenters. The van der Waals surface area contributed by atoms with Gasteiger partial charge in [0.1, 0.15) is 77.4 Å². The third-order valence-electron chi connectivity index (χ3n) is 13.9. The number of carbonyl (C=O) groups excluding carboxylic acids is 1. The number of carbonyl (C=O) groups is 1. The molecule has 0 bridgehead atoms. The lowest BCUT2D eigenvalue weighted by molar-refractivity contribution is -0.793. The van der Waals surface area contributed by atoms with Crippen molar-refractivity contribution in [2.24, 2.45) is 16.8 Å². The molecule has 16 heteroatoms. The van der Waals surface area contributed by atoms with Crippen molar-refractivity contribution in [1.82, 2.24) is 5.32 Å². The first-order valence-corrected chi connectivity index (χ1v) is 21.7. The number of nitrogens with one attached hydrogen (secondary N) is 2. The number of aryl methyl sites for hydroxylation is 1. The third-order valence-corrected chi connectivity index (χ3v) is 13.9. The molecule has 10 unspecified atom stereocenters. The average Bonchev–Trinajstić information content (AvgIpc) is 4.00. The van der Waals surface area contributed by atoms with Gasteiger partial charge in [0.25, 0.3) is 0 Å². The van der Waals surface area contributed by atoms with E-state index in [-0.39, 0.29) is 47.1 Å². The summed E-state index contributed by atoms with van der Waals surface area (Å²) in [5, 5.41) is 79.8. The molecule has 1 saturated carbocycles. The van der Waals surface area contributed by atoms with E-state index in [1.807, 2.05) is 12.3 Å². The topological polar surface area (TPSA) is 245 Å². The molecule has 5 heterocycles. The number of phenolic OH excluding ortho intramolecular Hbond substituents is 2. The Morgan fingerprint density at radius 2 is 1.87 bits per heavy atom. The zero-order valence-corrected chi connectivity index (χ0v) is 35.1. The molecule has 16 nitrogen and oxygen atoms in total. The zero-order valence-electron chi connectivity index (χ0n) is 35.1. The Morgan fingerprint density at radius 3 is 2.63 bits per heavy atom. The molecule has 1 amide bonds. The molecule has 0 radical (unpaired) electrons. The van der Waals surface area contributed by atoms with Crippen LogP contribution in [0.5, 0.6) is 17.2 Å². The van der Waals surface area contributed by atoms with E-state index in [1.54, 1.807) is 19.2 Å². The number of aliphatic hydroxyl groups excluding tert-OH is 4. The number of hydrogen-bond acceptors (Lipinski definition) is 14. The number of rotatable bonds is 13. The fourth-order valence-corrected chi connectivity index (χ4v) is 10.6. The number of aliphatic hydroxyl groups is 5. The Morgan fingerprint density at radius 1 is 1.05 bits per heavy atom. The van der Waals surface area contributed by atoms with Gasteiger partial charge in [-0.15, -0.1) is 0 Å². The number of ether oxygens (including phenoxy) is 1. The number of aromatic hydroxyl groups is 2. The molecule has 1 aromatic heterocycles. The normalized spacial score (nSPS) is 27.7. The Labute approximate surface area is 362 Å². The number of benzene rings is 3. The molecule has 3 aromatic carbocycles. The smallest absolute Gasteiger partial charge is 0.222 e. The van der Waals surface area contributed by atoms with E-state index in [1.165, 1.54) is 36.4 Å². The molecule has 1 spiro atoms. The van der Waals surface area contributed by atoms with Crippen molar-refractivity contribution in [2.45, 2.75) is 107 Å². The molecule has 4 aliphatic heterocycles. The first-order chi connectivity index (χ1) is 30.2. The number of nitrogens with zero attached hydrogens (tertiary/aromatic N) is 1. The summed E-state index contributed by atoms with van der Waals surface area (Å²) in [6.07, 6.45) is 2.50. The quantitative estimate of drug-likeness (QED) is 0.0692. The van der Waals surface area contributed by atoms with Gasteiger partial charge in [0, 0.05) is 61.0 Å². The van der Waals surface area contributed by atoms with Gasteiger partial charge in [0.05, 0.1) is 12.0 Å². The maximum Gasteiger partial charge on any atom is 0.222 e.